The number of nitro groups is 1. The van der Waals surface area contributed by atoms with Crippen molar-refractivity contribution in [2.24, 2.45) is 0 Å². The summed E-state index contributed by atoms with van der Waals surface area (Å²) in [5.74, 6) is 0. The number of benzene rings is 1. The Morgan fingerprint density at radius 1 is 1.57 bits per heavy atom. The number of nitrogens with zero attached hydrogens (tertiary/aromatic N) is 2. The van der Waals surface area contributed by atoms with E-state index in [4.69, 9.17) is 0 Å². The second-order valence-corrected chi connectivity index (χ2v) is 3.71. The highest BCUT2D eigenvalue weighted by atomic mass is 79.9. The van der Waals surface area contributed by atoms with Crippen LogP contribution in [0, 0.1) is 17.0 Å². The molecule has 6 heteroatoms. The molecule has 0 aliphatic carbocycles. The van der Waals surface area contributed by atoms with Crippen molar-refractivity contribution in [2.45, 2.75) is 6.92 Å². The van der Waals surface area contributed by atoms with Crippen LogP contribution in [0.25, 0.3) is 10.9 Å². The van der Waals surface area contributed by atoms with Gasteiger partial charge in [-0.1, -0.05) is 6.07 Å². The summed E-state index contributed by atoms with van der Waals surface area (Å²) < 4.78 is 0.675. The molecule has 0 spiro atoms. The lowest BCUT2D eigenvalue weighted by Gasteiger charge is -1.96. The van der Waals surface area contributed by atoms with Crippen LogP contribution >= 0.6 is 15.9 Å². The molecular formula is C8H6BrN3O2. The van der Waals surface area contributed by atoms with Gasteiger partial charge < -0.3 is 0 Å². The molecule has 0 aliphatic rings. The van der Waals surface area contributed by atoms with E-state index in [-0.39, 0.29) is 5.69 Å². The van der Waals surface area contributed by atoms with Crippen molar-refractivity contribution < 1.29 is 4.92 Å². The molecule has 72 valence electrons. The Hall–Kier alpha value is -1.43. The number of hydrogen-bond donors (Lipinski definition) is 1. The third kappa shape index (κ3) is 1.19. The van der Waals surface area contributed by atoms with E-state index in [1.807, 2.05) is 6.92 Å². The zero-order valence-electron chi connectivity index (χ0n) is 7.24. The molecule has 0 fully saturated rings. The summed E-state index contributed by atoms with van der Waals surface area (Å²) >= 11 is 3.26. The molecule has 5 nitrogen and oxygen atoms in total. The van der Waals surface area contributed by atoms with Gasteiger partial charge in [-0.05, 0) is 28.4 Å². The topological polar surface area (TPSA) is 71.8 Å². The number of non-ortho nitro benzene ring substituents is 1. The predicted molar refractivity (Wildman–Crippen MR) is 55.2 cm³/mol. The Morgan fingerprint density at radius 2 is 2.29 bits per heavy atom. The molecule has 0 radical (unpaired) electrons. The molecule has 1 aromatic carbocycles. The van der Waals surface area contributed by atoms with Gasteiger partial charge in [-0.25, -0.2) is 0 Å². The summed E-state index contributed by atoms with van der Waals surface area (Å²) in [5, 5.41) is 18.0. The van der Waals surface area contributed by atoms with Crippen LogP contribution in [0.15, 0.2) is 16.7 Å². The lowest BCUT2D eigenvalue weighted by Crippen LogP contribution is -1.90. The van der Waals surface area contributed by atoms with Crippen LogP contribution < -0.4 is 0 Å². The predicted octanol–water partition coefficient (Wildman–Crippen LogP) is 2.54. The molecule has 2 aromatic rings. The summed E-state index contributed by atoms with van der Waals surface area (Å²) in [5.41, 5.74) is 1.36. The largest absolute Gasteiger partial charge is 0.297 e. The highest BCUT2D eigenvalue weighted by Crippen LogP contribution is 2.30. The summed E-state index contributed by atoms with van der Waals surface area (Å²) in [4.78, 5) is 10.2. The van der Waals surface area contributed by atoms with Crippen molar-refractivity contribution in [3.8, 4) is 0 Å². The first-order valence-corrected chi connectivity index (χ1v) is 4.68. The lowest BCUT2D eigenvalue weighted by atomic mass is 10.1. The van der Waals surface area contributed by atoms with Crippen molar-refractivity contribution in [1.29, 1.82) is 0 Å². The molecule has 0 unspecified atom stereocenters. The van der Waals surface area contributed by atoms with Gasteiger partial charge in [-0.15, -0.1) is 0 Å². The van der Waals surface area contributed by atoms with Crippen LogP contribution in [0.1, 0.15) is 5.56 Å². The number of halogens is 1. The molecule has 0 bridgehead atoms. The summed E-state index contributed by atoms with van der Waals surface area (Å²) in [6.45, 7) is 1.88. The van der Waals surface area contributed by atoms with Crippen LogP contribution in [0.5, 0.6) is 0 Å². The number of aromatic nitrogens is 2. The Kier molecular flexibility index (Phi) is 1.99. The molecule has 1 aromatic heterocycles. The van der Waals surface area contributed by atoms with Crippen molar-refractivity contribution in [1.82, 2.24) is 10.2 Å². The SMILES string of the molecule is Cc1ccc([N+](=O)[O-])c2n[nH]c(Br)c12. The molecule has 14 heavy (non-hydrogen) atoms. The molecule has 0 aliphatic heterocycles. The number of H-pyrrole nitrogens is 1. The number of nitro benzene ring substituents is 1. The van der Waals surface area contributed by atoms with Crippen molar-refractivity contribution in [3.05, 3.63) is 32.4 Å². The van der Waals surface area contributed by atoms with Crippen LogP contribution in [0.4, 0.5) is 5.69 Å². The van der Waals surface area contributed by atoms with E-state index < -0.39 is 4.92 Å². The molecule has 0 saturated carbocycles. The Labute approximate surface area is 87.4 Å². The number of nitrogens with one attached hydrogen (secondary N) is 1. The minimum absolute atomic E-state index is 0.0209. The fourth-order valence-corrected chi connectivity index (χ4v) is 1.97. The zero-order chi connectivity index (χ0) is 10.3. The van der Waals surface area contributed by atoms with Gasteiger partial charge >= 0.3 is 0 Å². The highest BCUT2D eigenvalue weighted by molar-refractivity contribution is 9.10. The maximum Gasteiger partial charge on any atom is 0.297 e. The molecule has 1 N–H and O–H groups in total. The average molecular weight is 256 g/mol. The van der Waals surface area contributed by atoms with E-state index in [2.05, 4.69) is 26.1 Å². The molecule has 1 heterocycles. The van der Waals surface area contributed by atoms with E-state index in [0.717, 1.165) is 10.9 Å². The van der Waals surface area contributed by atoms with Gasteiger partial charge in [-0.3, -0.25) is 15.2 Å². The van der Waals surface area contributed by atoms with Crippen molar-refractivity contribution in [2.75, 3.05) is 0 Å². The van der Waals surface area contributed by atoms with Crippen molar-refractivity contribution in [3.63, 3.8) is 0 Å². The fraction of sp³-hybridized carbons (Fsp3) is 0.125. The van der Waals surface area contributed by atoms with Gasteiger partial charge in [0.15, 0.2) is 5.52 Å². The highest BCUT2D eigenvalue weighted by Gasteiger charge is 2.17. The molecular weight excluding hydrogens is 250 g/mol. The Balaban J connectivity index is 2.90. The minimum Gasteiger partial charge on any atom is -0.270 e. The van der Waals surface area contributed by atoms with E-state index in [1.54, 1.807) is 6.07 Å². The van der Waals surface area contributed by atoms with Crippen molar-refractivity contribution >= 4 is 32.5 Å². The molecule has 2 rings (SSSR count). The van der Waals surface area contributed by atoms with E-state index in [9.17, 15) is 10.1 Å². The van der Waals surface area contributed by atoms with Crippen LogP contribution in [0.3, 0.4) is 0 Å². The normalized spacial score (nSPS) is 10.7. The van der Waals surface area contributed by atoms with Gasteiger partial charge in [0.25, 0.3) is 5.69 Å². The van der Waals surface area contributed by atoms with Crippen LogP contribution in [0.2, 0.25) is 0 Å². The monoisotopic (exact) mass is 255 g/mol. The van der Waals surface area contributed by atoms with E-state index in [1.165, 1.54) is 6.07 Å². The summed E-state index contributed by atoms with van der Waals surface area (Å²) in [6.07, 6.45) is 0. The smallest absolute Gasteiger partial charge is 0.270 e. The van der Waals surface area contributed by atoms with Crippen LogP contribution in [-0.4, -0.2) is 15.1 Å². The quantitative estimate of drug-likeness (QED) is 0.629. The number of fused-ring (bicyclic) bond motifs is 1. The third-order valence-electron chi connectivity index (χ3n) is 2.05. The second-order valence-electron chi connectivity index (χ2n) is 2.92. The molecule has 0 saturated heterocycles. The number of aryl methyl sites for hydroxylation is 1. The maximum atomic E-state index is 10.7. The zero-order valence-corrected chi connectivity index (χ0v) is 8.83. The van der Waals surface area contributed by atoms with Crippen LogP contribution in [-0.2, 0) is 0 Å². The standard InChI is InChI=1S/C8H6BrN3O2/c1-4-2-3-5(12(13)14)7-6(4)8(9)11-10-7/h2-3H,1H3,(H,10,11). The third-order valence-corrected chi connectivity index (χ3v) is 2.62. The van der Waals surface area contributed by atoms with E-state index >= 15 is 0 Å². The van der Waals surface area contributed by atoms with Gasteiger partial charge in [0.05, 0.1) is 4.92 Å². The fourth-order valence-electron chi connectivity index (χ4n) is 1.38. The summed E-state index contributed by atoms with van der Waals surface area (Å²) in [6, 6.07) is 3.17. The Morgan fingerprint density at radius 3 is 2.93 bits per heavy atom. The van der Waals surface area contributed by atoms with E-state index in [0.29, 0.717) is 10.1 Å². The van der Waals surface area contributed by atoms with Gasteiger partial charge in [0, 0.05) is 11.5 Å². The average Bonchev–Trinajstić information content (AvgIpc) is 2.49. The lowest BCUT2D eigenvalue weighted by molar-refractivity contribution is -0.383. The first-order valence-electron chi connectivity index (χ1n) is 3.89. The first kappa shape index (κ1) is 9.14. The Bertz CT molecular complexity index is 521. The molecule has 0 atom stereocenters. The summed E-state index contributed by atoms with van der Waals surface area (Å²) in [7, 11) is 0. The maximum absolute atomic E-state index is 10.7. The number of aromatic amines is 1. The molecule has 0 amide bonds. The minimum atomic E-state index is -0.435. The first-order chi connectivity index (χ1) is 6.61. The van der Waals surface area contributed by atoms with Gasteiger partial charge in [-0.2, -0.15) is 5.10 Å². The second kappa shape index (κ2) is 3.06. The van der Waals surface area contributed by atoms with Gasteiger partial charge in [0.1, 0.15) is 4.60 Å². The van der Waals surface area contributed by atoms with Gasteiger partial charge in [0.2, 0.25) is 0 Å². The number of hydrogen-bond acceptors (Lipinski definition) is 3. The number of rotatable bonds is 1.